The second kappa shape index (κ2) is 7.79. The third kappa shape index (κ3) is 4.46. The zero-order valence-electron chi connectivity index (χ0n) is 14.3. The van der Waals surface area contributed by atoms with Crippen molar-refractivity contribution >= 4 is 34.7 Å². The maximum atomic E-state index is 11.2. The number of thiazole rings is 1. The van der Waals surface area contributed by atoms with Crippen LogP contribution in [0.5, 0.6) is 0 Å². The fourth-order valence-corrected chi connectivity index (χ4v) is 3.99. The molecule has 25 heavy (non-hydrogen) atoms. The number of hydrogen-bond donors (Lipinski definition) is 1. The van der Waals surface area contributed by atoms with Gasteiger partial charge in [0.25, 0.3) is 0 Å². The van der Waals surface area contributed by atoms with Crippen LogP contribution in [-0.2, 0) is 10.5 Å². The highest BCUT2D eigenvalue weighted by Crippen LogP contribution is 2.26. The lowest BCUT2D eigenvalue weighted by Gasteiger charge is -2.08. The summed E-state index contributed by atoms with van der Waals surface area (Å²) in [4.78, 5) is 15.9. The van der Waals surface area contributed by atoms with Gasteiger partial charge in [-0.25, -0.2) is 4.98 Å². The van der Waals surface area contributed by atoms with E-state index in [0.29, 0.717) is 5.92 Å². The molecule has 0 atom stereocenters. The molecule has 0 unspecified atom stereocenters. The van der Waals surface area contributed by atoms with Crippen molar-refractivity contribution < 1.29 is 4.79 Å². The summed E-state index contributed by atoms with van der Waals surface area (Å²) < 4.78 is 1.91. The highest BCUT2D eigenvalue weighted by Gasteiger charge is 2.11. The van der Waals surface area contributed by atoms with E-state index in [1.54, 1.807) is 29.4 Å². The Morgan fingerprint density at radius 3 is 2.96 bits per heavy atom. The number of anilines is 1. The molecule has 1 amide bonds. The predicted molar refractivity (Wildman–Crippen MR) is 101 cm³/mol. The van der Waals surface area contributed by atoms with Crippen LogP contribution in [0.15, 0.2) is 41.1 Å². The fourth-order valence-electron chi connectivity index (χ4n) is 2.23. The molecule has 3 rings (SSSR count). The second-order valence-corrected chi connectivity index (χ2v) is 7.67. The molecule has 1 aromatic carbocycles. The summed E-state index contributed by atoms with van der Waals surface area (Å²) in [6, 6.07) is 7.60. The quantitative estimate of drug-likeness (QED) is 0.659. The summed E-state index contributed by atoms with van der Waals surface area (Å²) in [5.41, 5.74) is 2.70. The van der Waals surface area contributed by atoms with Gasteiger partial charge in [0.2, 0.25) is 5.91 Å². The van der Waals surface area contributed by atoms with Gasteiger partial charge in [-0.3, -0.25) is 9.36 Å². The van der Waals surface area contributed by atoms with Gasteiger partial charge < -0.3 is 5.32 Å². The summed E-state index contributed by atoms with van der Waals surface area (Å²) in [5.74, 6) is 1.09. The van der Waals surface area contributed by atoms with Crippen LogP contribution in [0.4, 0.5) is 5.69 Å². The SMILES string of the molecule is CC(=O)Nc1cccc(-n2cnnc2SCc2csc(C(C)C)n2)c1. The van der Waals surface area contributed by atoms with Gasteiger partial charge in [-0.15, -0.1) is 21.5 Å². The molecule has 0 aliphatic heterocycles. The molecule has 6 nitrogen and oxygen atoms in total. The van der Waals surface area contributed by atoms with Crippen LogP contribution in [0.3, 0.4) is 0 Å². The Hall–Kier alpha value is -2.19. The summed E-state index contributed by atoms with van der Waals surface area (Å²) in [5, 5.41) is 15.1. The number of nitrogens with zero attached hydrogens (tertiary/aromatic N) is 4. The van der Waals surface area contributed by atoms with E-state index in [2.05, 4.69) is 39.7 Å². The van der Waals surface area contributed by atoms with E-state index >= 15 is 0 Å². The molecule has 0 fully saturated rings. The minimum absolute atomic E-state index is 0.0972. The van der Waals surface area contributed by atoms with Crippen LogP contribution in [0.2, 0.25) is 0 Å². The number of aromatic nitrogens is 4. The molecule has 2 aromatic heterocycles. The van der Waals surface area contributed by atoms with Crippen molar-refractivity contribution in [2.75, 3.05) is 5.32 Å². The minimum atomic E-state index is -0.0972. The molecule has 0 saturated carbocycles. The Morgan fingerprint density at radius 2 is 2.24 bits per heavy atom. The molecular weight excluding hydrogens is 354 g/mol. The lowest BCUT2D eigenvalue weighted by atomic mass is 10.2. The fraction of sp³-hybridized carbons (Fsp3) is 0.294. The van der Waals surface area contributed by atoms with Gasteiger partial charge in [-0.2, -0.15) is 0 Å². The Balaban J connectivity index is 1.75. The maximum absolute atomic E-state index is 11.2. The minimum Gasteiger partial charge on any atom is -0.326 e. The predicted octanol–water partition coefficient (Wildman–Crippen LogP) is 4.10. The third-order valence-corrected chi connectivity index (χ3v) is 5.54. The van der Waals surface area contributed by atoms with E-state index in [1.165, 1.54) is 6.92 Å². The van der Waals surface area contributed by atoms with Crippen LogP contribution in [0.25, 0.3) is 5.69 Å². The monoisotopic (exact) mass is 373 g/mol. The number of carbonyl (C=O) groups excluding carboxylic acids is 1. The lowest BCUT2D eigenvalue weighted by Crippen LogP contribution is -2.06. The first kappa shape index (κ1) is 17.6. The molecule has 0 radical (unpaired) electrons. The highest BCUT2D eigenvalue weighted by atomic mass is 32.2. The number of rotatable bonds is 6. The van der Waals surface area contributed by atoms with E-state index in [1.807, 2.05) is 28.8 Å². The molecule has 0 aliphatic carbocycles. The number of carbonyl (C=O) groups is 1. The van der Waals surface area contributed by atoms with Crippen LogP contribution in [0, 0.1) is 0 Å². The molecule has 130 valence electrons. The lowest BCUT2D eigenvalue weighted by molar-refractivity contribution is -0.114. The molecule has 0 saturated heterocycles. The summed E-state index contributed by atoms with van der Waals surface area (Å²) >= 11 is 3.29. The van der Waals surface area contributed by atoms with Gasteiger partial charge in [0.1, 0.15) is 6.33 Å². The zero-order chi connectivity index (χ0) is 17.8. The van der Waals surface area contributed by atoms with Crippen LogP contribution < -0.4 is 5.32 Å². The Morgan fingerprint density at radius 1 is 1.40 bits per heavy atom. The molecule has 2 heterocycles. The largest absolute Gasteiger partial charge is 0.326 e. The van der Waals surface area contributed by atoms with Gasteiger partial charge in [0.15, 0.2) is 5.16 Å². The smallest absolute Gasteiger partial charge is 0.221 e. The first-order valence-corrected chi connectivity index (χ1v) is 9.74. The van der Waals surface area contributed by atoms with Gasteiger partial charge in [-0.05, 0) is 18.2 Å². The number of thioether (sulfide) groups is 1. The molecule has 0 bridgehead atoms. The van der Waals surface area contributed by atoms with Gasteiger partial charge in [0, 0.05) is 29.7 Å². The summed E-state index contributed by atoms with van der Waals surface area (Å²) in [7, 11) is 0. The molecular formula is C17H19N5OS2. The van der Waals surface area contributed by atoms with E-state index in [4.69, 9.17) is 0 Å². The van der Waals surface area contributed by atoms with Crippen molar-refractivity contribution in [2.24, 2.45) is 0 Å². The Bertz CT molecular complexity index is 871. The number of nitrogens with one attached hydrogen (secondary N) is 1. The molecule has 1 N–H and O–H groups in total. The highest BCUT2D eigenvalue weighted by molar-refractivity contribution is 7.98. The van der Waals surface area contributed by atoms with Crippen molar-refractivity contribution in [3.8, 4) is 5.69 Å². The Labute approximate surface area is 154 Å². The van der Waals surface area contributed by atoms with Crippen molar-refractivity contribution in [1.82, 2.24) is 19.7 Å². The normalized spacial score (nSPS) is 11.0. The standard InChI is InChI=1S/C17H19N5OS2/c1-11(2)16-20-14(8-24-16)9-25-17-21-18-10-22(17)15-6-4-5-13(7-15)19-12(3)23/h4-8,10-11H,9H2,1-3H3,(H,19,23). The average Bonchev–Trinajstić information content (AvgIpc) is 3.22. The third-order valence-electron chi connectivity index (χ3n) is 3.37. The van der Waals surface area contributed by atoms with Crippen molar-refractivity contribution in [3.63, 3.8) is 0 Å². The van der Waals surface area contributed by atoms with Gasteiger partial charge >= 0.3 is 0 Å². The van der Waals surface area contributed by atoms with E-state index < -0.39 is 0 Å². The average molecular weight is 374 g/mol. The molecule has 0 spiro atoms. The first-order valence-electron chi connectivity index (χ1n) is 7.88. The van der Waals surface area contributed by atoms with E-state index in [9.17, 15) is 4.79 Å². The van der Waals surface area contributed by atoms with Gasteiger partial charge in [-0.1, -0.05) is 31.7 Å². The zero-order valence-corrected chi connectivity index (χ0v) is 15.9. The number of benzene rings is 1. The number of amides is 1. The van der Waals surface area contributed by atoms with Crippen molar-refractivity contribution in [2.45, 2.75) is 37.6 Å². The molecule has 8 heteroatoms. The van der Waals surface area contributed by atoms with Crippen molar-refractivity contribution in [1.29, 1.82) is 0 Å². The maximum Gasteiger partial charge on any atom is 0.221 e. The summed E-state index contributed by atoms with van der Waals surface area (Å²) in [6.07, 6.45) is 1.68. The van der Waals surface area contributed by atoms with Crippen molar-refractivity contribution in [3.05, 3.63) is 46.7 Å². The molecule has 0 aliphatic rings. The van der Waals surface area contributed by atoms with E-state index in [0.717, 1.165) is 33.0 Å². The van der Waals surface area contributed by atoms with Crippen LogP contribution >= 0.6 is 23.1 Å². The first-order chi connectivity index (χ1) is 12.0. The molecule has 3 aromatic rings. The van der Waals surface area contributed by atoms with Crippen LogP contribution in [0.1, 0.15) is 37.4 Å². The van der Waals surface area contributed by atoms with Crippen LogP contribution in [-0.4, -0.2) is 25.7 Å². The van der Waals surface area contributed by atoms with E-state index in [-0.39, 0.29) is 5.91 Å². The number of hydrogen-bond acceptors (Lipinski definition) is 6. The topological polar surface area (TPSA) is 72.7 Å². The second-order valence-electron chi connectivity index (χ2n) is 5.84. The summed E-state index contributed by atoms with van der Waals surface area (Å²) in [6.45, 7) is 5.79. The van der Waals surface area contributed by atoms with Gasteiger partial charge in [0.05, 0.1) is 16.4 Å². The Kier molecular flexibility index (Phi) is 5.50.